The molecule has 0 saturated heterocycles. The van der Waals surface area contributed by atoms with Crippen molar-refractivity contribution < 1.29 is 18.7 Å². The molecule has 1 N–H and O–H groups in total. The van der Waals surface area contributed by atoms with Gasteiger partial charge in [-0.3, -0.25) is 4.79 Å². The number of ether oxygens (including phenoxy) is 2. The van der Waals surface area contributed by atoms with Crippen LogP contribution in [-0.4, -0.2) is 24.5 Å². The Morgan fingerprint density at radius 1 is 1.11 bits per heavy atom. The van der Waals surface area contributed by atoms with E-state index >= 15 is 0 Å². The Morgan fingerprint density at radius 2 is 1.96 bits per heavy atom. The fourth-order valence-corrected chi connectivity index (χ4v) is 3.42. The molecule has 0 aliphatic carbocycles. The van der Waals surface area contributed by atoms with Crippen LogP contribution >= 0.6 is 0 Å². The summed E-state index contributed by atoms with van der Waals surface area (Å²) >= 11 is 0. The zero-order chi connectivity index (χ0) is 19.5. The first-order chi connectivity index (χ1) is 13.7. The average Bonchev–Trinajstić information content (AvgIpc) is 3.24. The monoisotopic (exact) mass is 378 g/mol. The Labute approximate surface area is 163 Å². The second-order valence-electron chi connectivity index (χ2n) is 6.45. The van der Waals surface area contributed by atoms with Crippen molar-refractivity contribution in [1.29, 1.82) is 0 Å². The molecule has 6 heteroatoms. The maximum absolute atomic E-state index is 13.2. The van der Waals surface area contributed by atoms with Crippen molar-refractivity contribution in [2.75, 3.05) is 19.0 Å². The summed E-state index contributed by atoms with van der Waals surface area (Å²) in [4.78, 5) is 15.0. The normalized spacial score (nSPS) is 15.7. The van der Waals surface area contributed by atoms with E-state index in [4.69, 9.17) is 13.9 Å². The largest absolute Gasteiger partial charge is 0.493 e. The summed E-state index contributed by atoms with van der Waals surface area (Å²) in [6.45, 7) is 2.83. The molecule has 0 bridgehead atoms. The number of hydrogen-bond acceptors (Lipinski definition) is 5. The number of methoxy groups -OCH3 is 1. The molecule has 0 saturated carbocycles. The van der Waals surface area contributed by atoms with Crippen LogP contribution in [0.25, 0.3) is 0 Å². The number of para-hydroxylation sites is 1. The lowest BCUT2D eigenvalue weighted by Crippen LogP contribution is -2.42. The van der Waals surface area contributed by atoms with Gasteiger partial charge in [-0.1, -0.05) is 18.2 Å². The van der Waals surface area contributed by atoms with Crippen LogP contribution in [0.5, 0.6) is 11.5 Å². The highest BCUT2D eigenvalue weighted by molar-refractivity contribution is 6.01. The van der Waals surface area contributed by atoms with E-state index in [-0.39, 0.29) is 12.1 Å². The SMILES string of the molecule is CCOc1ccc(C2Nc3ccccc3C(=O)N2Cc2ccco2)cc1OC. The van der Waals surface area contributed by atoms with Gasteiger partial charge in [-0.15, -0.1) is 0 Å². The first-order valence-corrected chi connectivity index (χ1v) is 9.21. The van der Waals surface area contributed by atoms with Crippen LogP contribution < -0.4 is 14.8 Å². The molecule has 1 aromatic heterocycles. The zero-order valence-corrected chi connectivity index (χ0v) is 15.8. The lowest BCUT2D eigenvalue weighted by atomic mass is 10.0. The highest BCUT2D eigenvalue weighted by Gasteiger charge is 2.33. The lowest BCUT2D eigenvalue weighted by Gasteiger charge is -2.37. The van der Waals surface area contributed by atoms with Crippen molar-refractivity contribution in [1.82, 2.24) is 4.90 Å². The molecule has 4 rings (SSSR count). The van der Waals surface area contributed by atoms with Crippen LogP contribution in [0.2, 0.25) is 0 Å². The predicted molar refractivity (Wildman–Crippen MR) is 106 cm³/mol. The van der Waals surface area contributed by atoms with E-state index in [1.165, 1.54) is 0 Å². The van der Waals surface area contributed by atoms with Crippen LogP contribution in [-0.2, 0) is 6.54 Å². The number of carbonyl (C=O) groups is 1. The highest BCUT2D eigenvalue weighted by atomic mass is 16.5. The summed E-state index contributed by atoms with van der Waals surface area (Å²) in [5.41, 5.74) is 2.35. The van der Waals surface area contributed by atoms with Gasteiger partial charge in [-0.2, -0.15) is 0 Å². The van der Waals surface area contributed by atoms with Gasteiger partial charge in [0.05, 0.1) is 32.1 Å². The quantitative estimate of drug-likeness (QED) is 0.686. The minimum absolute atomic E-state index is 0.0522. The minimum atomic E-state index is -0.364. The molecule has 0 spiro atoms. The fourth-order valence-electron chi connectivity index (χ4n) is 3.42. The Kier molecular flexibility index (Phi) is 4.93. The van der Waals surface area contributed by atoms with Gasteiger partial charge in [-0.05, 0) is 48.9 Å². The molecule has 1 aliphatic rings. The van der Waals surface area contributed by atoms with Crippen molar-refractivity contribution in [3.8, 4) is 11.5 Å². The van der Waals surface area contributed by atoms with E-state index < -0.39 is 0 Å². The molecule has 2 heterocycles. The lowest BCUT2D eigenvalue weighted by molar-refractivity contribution is 0.0651. The van der Waals surface area contributed by atoms with Crippen molar-refractivity contribution in [3.63, 3.8) is 0 Å². The Balaban J connectivity index is 1.75. The molecule has 0 radical (unpaired) electrons. The van der Waals surface area contributed by atoms with E-state index in [1.807, 2.05) is 61.5 Å². The van der Waals surface area contributed by atoms with Crippen molar-refractivity contribution in [2.45, 2.75) is 19.6 Å². The summed E-state index contributed by atoms with van der Waals surface area (Å²) in [6, 6.07) is 16.9. The number of hydrogen-bond donors (Lipinski definition) is 1. The van der Waals surface area contributed by atoms with Crippen LogP contribution in [0.15, 0.2) is 65.3 Å². The summed E-state index contributed by atoms with van der Waals surface area (Å²) in [5.74, 6) is 1.97. The topological polar surface area (TPSA) is 63.9 Å². The second kappa shape index (κ2) is 7.68. The summed E-state index contributed by atoms with van der Waals surface area (Å²) in [7, 11) is 1.61. The summed E-state index contributed by atoms with van der Waals surface area (Å²) < 4.78 is 16.6. The maximum Gasteiger partial charge on any atom is 0.258 e. The Morgan fingerprint density at radius 3 is 2.71 bits per heavy atom. The molecule has 144 valence electrons. The van der Waals surface area contributed by atoms with Gasteiger partial charge in [-0.25, -0.2) is 0 Å². The van der Waals surface area contributed by atoms with Gasteiger partial charge in [0.25, 0.3) is 5.91 Å². The van der Waals surface area contributed by atoms with Gasteiger partial charge in [0.15, 0.2) is 11.5 Å². The molecule has 0 fully saturated rings. The molecule has 1 amide bonds. The molecule has 3 aromatic rings. The zero-order valence-electron chi connectivity index (χ0n) is 15.8. The minimum Gasteiger partial charge on any atom is -0.493 e. The number of rotatable bonds is 6. The number of carbonyl (C=O) groups excluding carboxylic acids is 1. The predicted octanol–water partition coefficient (Wildman–Crippen LogP) is 4.45. The molecule has 1 atom stereocenters. The molecular formula is C22H22N2O4. The molecule has 1 aliphatic heterocycles. The maximum atomic E-state index is 13.2. The molecule has 2 aromatic carbocycles. The highest BCUT2D eigenvalue weighted by Crippen LogP contribution is 2.37. The van der Waals surface area contributed by atoms with Gasteiger partial charge in [0.2, 0.25) is 0 Å². The number of amides is 1. The number of benzene rings is 2. The third-order valence-electron chi connectivity index (χ3n) is 4.73. The van der Waals surface area contributed by atoms with Gasteiger partial charge in [0, 0.05) is 5.69 Å². The third kappa shape index (κ3) is 3.29. The second-order valence-corrected chi connectivity index (χ2v) is 6.45. The van der Waals surface area contributed by atoms with Crippen molar-refractivity contribution >= 4 is 11.6 Å². The number of nitrogens with zero attached hydrogens (tertiary/aromatic N) is 1. The Bertz CT molecular complexity index is 968. The van der Waals surface area contributed by atoms with Crippen LogP contribution in [0, 0.1) is 0 Å². The average molecular weight is 378 g/mol. The standard InChI is InChI=1S/C22H22N2O4/c1-3-27-19-11-10-15(13-20(19)26-2)21-23-18-9-5-4-8-17(18)22(25)24(21)14-16-7-6-12-28-16/h4-13,21,23H,3,14H2,1-2H3. The number of furan rings is 1. The smallest absolute Gasteiger partial charge is 0.258 e. The van der Waals surface area contributed by atoms with Gasteiger partial charge < -0.3 is 24.1 Å². The van der Waals surface area contributed by atoms with Gasteiger partial charge >= 0.3 is 0 Å². The summed E-state index contributed by atoms with van der Waals surface area (Å²) in [5, 5.41) is 3.48. The van der Waals surface area contributed by atoms with Crippen molar-refractivity contribution in [2.24, 2.45) is 0 Å². The Hall–Kier alpha value is -3.41. The first kappa shape index (κ1) is 18.0. The van der Waals surface area contributed by atoms with Crippen LogP contribution in [0.1, 0.15) is 34.8 Å². The van der Waals surface area contributed by atoms with E-state index in [9.17, 15) is 4.79 Å². The van der Waals surface area contributed by atoms with Crippen molar-refractivity contribution in [3.05, 3.63) is 77.7 Å². The number of anilines is 1. The van der Waals surface area contributed by atoms with E-state index in [0.29, 0.717) is 30.2 Å². The molecule has 1 unspecified atom stereocenters. The van der Waals surface area contributed by atoms with E-state index in [1.54, 1.807) is 18.3 Å². The van der Waals surface area contributed by atoms with Gasteiger partial charge in [0.1, 0.15) is 11.9 Å². The van der Waals surface area contributed by atoms with E-state index in [2.05, 4.69) is 5.32 Å². The fraction of sp³-hybridized carbons (Fsp3) is 0.227. The number of nitrogens with one attached hydrogen (secondary N) is 1. The third-order valence-corrected chi connectivity index (χ3v) is 4.73. The number of fused-ring (bicyclic) bond motifs is 1. The van der Waals surface area contributed by atoms with Crippen LogP contribution in [0.4, 0.5) is 5.69 Å². The summed E-state index contributed by atoms with van der Waals surface area (Å²) in [6.07, 6.45) is 1.25. The first-order valence-electron chi connectivity index (χ1n) is 9.21. The molecule has 6 nitrogen and oxygen atoms in total. The molecule has 28 heavy (non-hydrogen) atoms. The molecular weight excluding hydrogens is 356 g/mol. The van der Waals surface area contributed by atoms with E-state index in [0.717, 1.165) is 17.0 Å². The van der Waals surface area contributed by atoms with Crippen LogP contribution in [0.3, 0.4) is 0 Å².